The summed E-state index contributed by atoms with van der Waals surface area (Å²) in [6.45, 7) is 4.28. The molecule has 0 aromatic heterocycles. The van der Waals surface area contributed by atoms with Crippen molar-refractivity contribution in [1.29, 1.82) is 0 Å². The van der Waals surface area contributed by atoms with Gasteiger partial charge in [0.15, 0.2) is 0 Å². The predicted octanol–water partition coefficient (Wildman–Crippen LogP) is 5.54. The van der Waals surface area contributed by atoms with Crippen molar-refractivity contribution in [3.8, 4) is 11.1 Å². The molecule has 5 rings (SSSR count). The second-order valence-corrected chi connectivity index (χ2v) is 11.5. The van der Waals surface area contributed by atoms with Crippen molar-refractivity contribution in [3.63, 3.8) is 0 Å². The van der Waals surface area contributed by atoms with Gasteiger partial charge >= 0.3 is 5.97 Å². The summed E-state index contributed by atoms with van der Waals surface area (Å²) in [5, 5.41) is 12.7. The number of nitrogens with zero attached hydrogens (tertiary/aromatic N) is 2. The zero-order valence-corrected chi connectivity index (χ0v) is 24.3. The fraction of sp³-hybridized carbons (Fsp3) is 0.286. The third-order valence-electron chi connectivity index (χ3n) is 8.14. The van der Waals surface area contributed by atoms with E-state index >= 15 is 0 Å². The predicted molar refractivity (Wildman–Crippen MR) is 165 cm³/mol. The standard InChI is InChI=1S/C35H35N3O5/c1-23(2)20-29(32(41)36-22-24-10-5-3-6-11-24)35(18-9-19-37-35)30(16-17-31(39)40)38-33(42)27-15-14-26(21-28(27)34(38)43)25-12-7-4-8-13-25/h3-15,18-19,21,23,29-30H,16-17,20,22H2,1-2H3,(H,36,41)(H,39,40). The molecule has 0 radical (unpaired) electrons. The number of amides is 3. The van der Waals surface area contributed by atoms with E-state index in [2.05, 4.69) is 5.32 Å². The number of rotatable bonds is 12. The molecular weight excluding hydrogens is 542 g/mol. The number of hydrogen-bond acceptors (Lipinski definition) is 5. The van der Waals surface area contributed by atoms with E-state index in [0.29, 0.717) is 13.0 Å². The first kappa shape index (κ1) is 29.6. The SMILES string of the molecule is CC(C)CC(C(=O)NCc1ccccc1)C1(C(CCC(=O)O)N2C(=O)c3ccc(-c4ccccc4)cc3C2=O)C=CC=N1. The van der Waals surface area contributed by atoms with E-state index < -0.39 is 35.3 Å². The van der Waals surface area contributed by atoms with Crippen LogP contribution in [0.15, 0.2) is 96.0 Å². The Kier molecular flexibility index (Phi) is 8.66. The number of carboxylic acid groups (broad SMARTS) is 1. The largest absolute Gasteiger partial charge is 0.481 e. The van der Waals surface area contributed by atoms with Gasteiger partial charge in [0.05, 0.1) is 23.1 Å². The van der Waals surface area contributed by atoms with E-state index in [1.165, 1.54) is 0 Å². The molecule has 8 heteroatoms. The Labute approximate surface area is 251 Å². The molecule has 3 amide bonds. The van der Waals surface area contributed by atoms with Crippen LogP contribution in [0.3, 0.4) is 0 Å². The minimum atomic E-state index is -1.34. The van der Waals surface area contributed by atoms with Crippen LogP contribution in [0, 0.1) is 11.8 Å². The van der Waals surface area contributed by atoms with Gasteiger partial charge in [0, 0.05) is 19.2 Å². The van der Waals surface area contributed by atoms with E-state index in [-0.39, 0.29) is 35.8 Å². The van der Waals surface area contributed by atoms with Crippen molar-refractivity contribution < 1.29 is 24.3 Å². The normalized spacial score (nSPS) is 18.6. The monoisotopic (exact) mass is 577 g/mol. The summed E-state index contributed by atoms with van der Waals surface area (Å²) in [4.78, 5) is 59.8. The number of nitrogens with one attached hydrogen (secondary N) is 1. The van der Waals surface area contributed by atoms with Gasteiger partial charge in [-0.05, 0) is 53.7 Å². The minimum absolute atomic E-state index is 0.0609. The smallest absolute Gasteiger partial charge is 0.303 e. The van der Waals surface area contributed by atoms with E-state index in [4.69, 9.17) is 4.99 Å². The first-order valence-corrected chi connectivity index (χ1v) is 14.5. The maximum absolute atomic E-state index is 14.1. The zero-order valence-electron chi connectivity index (χ0n) is 24.3. The number of carbonyl (C=O) groups is 4. The van der Waals surface area contributed by atoms with Gasteiger partial charge < -0.3 is 10.4 Å². The topological polar surface area (TPSA) is 116 Å². The molecule has 3 unspecified atom stereocenters. The van der Waals surface area contributed by atoms with Crippen LogP contribution in [0.2, 0.25) is 0 Å². The van der Waals surface area contributed by atoms with Crippen LogP contribution in [0.5, 0.6) is 0 Å². The summed E-state index contributed by atoms with van der Waals surface area (Å²) in [5.74, 6) is -3.07. The number of fused-ring (bicyclic) bond motifs is 1. The fourth-order valence-electron chi connectivity index (χ4n) is 6.11. The highest BCUT2D eigenvalue weighted by Crippen LogP contribution is 2.42. The highest BCUT2D eigenvalue weighted by atomic mass is 16.4. The third kappa shape index (κ3) is 6.04. The third-order valence-corrected chi connectivity index (χ3v) is 8.14. The van der Waals surface area contributed by atoms with Gasteiger partial charge in [-0.2, -0.15) is 0 Å². The molecule has 0 saturated carbocycles. The van der Waals surface area contributed by atoms with Crippen molar-refractivity contribution in [3.05, 3.63) is 108 Å². The van der Waals surface area contributed by atoms with E-state index in [1.54, 1.807) is 36.6 Å². The fourth-order valence-corrected chi connectivity index (χ4v) is 6.11. The number of allylic oxidation sites excluding steroid dienone is 1. The number of imide groups is 1. The summed E-state index contributed by atoms with van der Waals surface area (Å²) in [6, 6.07) is 23.2. The molecule has 0 aliphatic carbocycles. The van der Waals surface area contributed by atoms with Gasteiger partial charge in [-0.1, -0.05) is 86.7 Å². The number of benzene rings is 3. The molecule has 2 aliphatic rings. The Hall–Kier alpha value is -4.85. The summed E-state index contributed by atoms with van der Waals surface area (Å²) in [6.07, 6.45) is 5.07. The van der Waals surface area contributed by atoms with Crippen LogP contribution < -0.4 is 5.32 Å². The van der Waals surface area contributed by atoms with E-state index in [0.717, 1.165) is 21.6 Å². The Bertz CT molecular complexity index is 1570. The molecule has 8 nitrogen and oxygen atoms in total. The number of aliphatic carboxylic acids is 1. The van der Waals surface area contributed by atoms with Crippen LogP contribution >= 0.6 is 0 Å². The average Bonchev–Trinajstić information content (AvgIpc) is 3.59. The molecule has 220 valence electrons. The van der Waals surface area contributed by atoms with Crippen molar-refractivity contribution >= 4 is 29.9 Å². The molecule has 2 heterocycles. The van der Waals surface area contributed by atoms with Gasteiger partial charge in [-0.3, -0.25) is 29.1 Å². The molecule has 0 spiro atoms. The lowest BCUT2D eigenvalue weighted by molar-refractivity contribution is -0.137. The highest BCUT2D eigenvalue weighted by molar-refractivity contribution is 6.22. The molecule has 43 heavy (non-hydrogen) atoms. The molecule has 2 aliphatic heterocycles. The second kappa shape index (κ2) is 12.6. The van der Waals surface area contributed by atoms with Crippen LogP contribution in [0.4, 0.5) is 0 Å². The Balaban J connectivity index is 1.54. The maximum atomic E-state index is 14.1. The van der Waals surface area contributed by atoms with Crippen LogP contribution in [0.1, 0.15) is 59.4 Å². The van der Waals surface area contributed by atoms with Crippen LogP contribution in [-0.2, 0) is 16.1 Å². The van der Waals surface area contributed by atoms with Crippen molar-refractivity contribution in [2.75, 3.05) is 0 Å². The van der Waals surface area contributed by atoms with Crippen molar-refractivity contribution in [1.82, 2.24) is 10.2 Å². The lowest BCUT2D eigenvalue weighted by atomic mass is 9.72. The lowest BCUT2D eigenvalue weighted by Gasteiger charge is -2.43. The van der Waals surface area contributed by atoms with Gasteiger partial charge in [-0.15, -0.1) is 0 Å². The first-order chi connectivity index (χ1) is 20.7. The summed E-state index contributed by atoms with van der Waals surface area (Å²) in [5.41, 5.74) is 1.78. The molecule has 3 atom stereocenters. The molecule has 0 saturated heterocycles. The molecule has 3 aromatic carbocycles. The summed E-state index contributed by atoms with van der Waals surface area (Å²) in [7, 11) is 0. The van der Waals surface area contributed by atoms with Gasteiger partial charge in [0.25, 0.3) is 11.8 Å². The quantitative estimate of drug-likeness (QED) is 0.274. The molecule has 3 aromatic rings. The van der Waals surface area contributed by atoms with Crippen LogP contribution in [-0.4, -0.2) is 51.5 Å². The Morgan fingerprint density at radius 2 is 1.58 bits per heavy atom. The van der Waals surface area contributed by atoms with Gasteiger partial charge in [0.2, 0.25) is 5.91 Å². The second-order valence-electron chi connectivity index (χ2n) is 11.5. The van der Waals surface area contributed by atoms with E-state index in [1.807, 2.05) is 74.5 Å². The zero-order chi connectivity index (χ0) is 30.6. The van der Waals surface area contributed by atoms with Crippen LogP contribution in [0.25, 0.3) is 11.1 Å². The van der Waals surface area contributed by atoms with Gasteiger partial charge in [-0.25, -0.2) is 0 Å². The highest BCUT2D eigenvalue weighted by Gasteiger charge is 2.54. The first-order valence-electron chi connectivity index (χ1n) is 14.5. The average molecular weight is 578 g/mol. The van der Waals surface area contributed by atoms with Gasteiger partial charge in [0.1, 0.15) is 5.54 Å². The number of aliphatic imine (C=N–C) groups is 1. The Morgan fingerprint density at radius 3 is 2.21 bits per heavy atom. The number of carboxylic acids is 1. The lowest BCUT2D eigenvalue weighted by Crippen LogP contribution is -2.59. The maximum Gasteiger partial charge on any atom is 0.303 e. The minimum Gasteiger partial charge on any atom is -0.481 e. The molecule has 2 N–H and O–H groups in total. The molecular formula is C35H35N3O5. The summed E-state index contributed by atoms with van der Waals surface area (Å²) >= 11 is 0. The Morgan fingerprint density at radius 1 is 0.907 bits per heavy atom. The van der Waals surface area contributed by atoms with Crippen molar-refractivity contribution in [2.24, 2.45) is 16.8 Å². The van der Waals surface area contributed by atoms with E-state index in [9.17, 15) is 24.3 Å². The number of hydrogen-bond donors (Lipinski definition) is 2. The molecule has 0 fully saturated rings. The van der Waals surface area contributed by atoms with Crippen molar-refractivity contribution in [2.45, 2.75) is 51.2 Å². The number of carbonyl (C=O) groups excluding carboxylic acids is 3. The summed E-state index contributed by atoms with van der Waals surface area (Å²) < 4.78 is 0. The molecule has 0 bridgehead atoms.